The molecule has 24 heavy (non-hydrogen) atoms. The minimum absolute atomic E-state index is 0.0896. The molecule has 2 N–H and O–H groups in total. The normalized spacial score (nSPS) is 12.0. The molecular formula is C18H21N3O3. The summed E-state index contributed by atoms with van der Waals surface area (Å²) in [5, 5.41) is 6.08. The molecule has 0 fully saturated rings. The van der Waals surface area contributed by atoms with Gasteiger partial charge in [-0.3, -0.25) is 4.79 Å². The highest BCUT2D eigenvalue weighted by Gasteiger charge is 2.13. The van der Waals surface area contributed by atoms with Crippen LogP contribution in [-0.2, 0) is 0 Å². The number of nitrogens with zero attached hydrogens (tertiary/aromatic N) is 1. The molecule has 0 atom stereocenters. The Morgan fingerprint density at radius 1 is 1.17 bits per heavy atom. The van der Waals surface area contributed by atoms with Gasteiger partial charge in [0.15, 0.2) is 11.5 Å². The number of hydrogen-bond acceptors (Lipinski definition) is 5. The van der Waals surface area contributed by atoms with Crippen LogP contribution in [0.3, 0.4) is 0 Å². The van der Waals surface area contributed by atoms with Gasteiger partial charge in [0.05, 0.1) is 5.56 Å². The van der Waals surface area contributed by atoms with Crippen LogP contribution in [0.1, 0.15) is 36.5 Å². The van der Waals surface area contributed by atoms with Crippen LogP contribution < -0.4 is 20.1 Å². The van der Waals surface area contributed by atoms with Crippen LogP contribution in [0.5, 0.6) is 11.5 Å². The van der Waals surface area contributed by atoms with Gasteiger partial charge in [-0.2, -0.15) is 0 Å². The van der Waals surface area contributed by atoms with Crippen molar-refractivity contribution in [3.05, 3.63) is 42.1 Å². The van der Waals surface area contributed by atoms with Gasteiger partial charge in [-0.25, -0.2) is 4.98 Å². The fourth-order valence-corrected chi connectivity index (χ4v) is 2.40. The third-order valence-electron chi connectivity index (χ3n) is 3.74. The fourth-order valence-electron chi connectivity index (χ4n) is 2.40. The molecule has 1 aromatic carbocycles. The number of aromatic nitrogens is 1. The van der Waals surface area contributed by atoms with Crippen LogP contribution in [0, 0.1) is 0 Å². The number of ether oxygens (including phenoxy) is 2. The molecule has 1 aromatic heterocycles. The van der Waals surface area contributed by atoms with Crippen molar-refractivity contribution in [3.8, 4) is 11.5 Å². The van der Waals surface area contributed by atoms with E-state index in [9.17, 15) is 4.79 Å². The summed E-state index contributed by atoms with van der Waals surface area (Å²) in [5.74, 6) is 2.02. The average Bonchev–Trinajstić information content (AvgIpc) is 3.07. The molecule has 126 valence electrons. The topological polar surface area (TPSA) is 72.5 Å². The molecule has 6 nitrogen and oxygen atoms in total. The summed E-state index contributed by atoms with van der Waals surface area (Å²) < 4.78 is 10.6. The molecule has 0 bridgehead atoms. The van der Waals surface area contributed by atoms with Crippen molar-refractivity contribution in [1.29, 1.82) is 0 Å². The number of benzene rings is 1. The first-order valence-corrected chi connectivity index (χ1v) is 8.17. The zero-order valence-electron chi connectivity index (χ0n) is 13.7. The summed E-state index contributed by atoms with van der Waals surface area (Å²) >= 11 is 0. The lowest BCUT2D eigenvalue weighted by Gasteiger charge is -2.08. The smallest absolute Gasteiger partial charge is 0.252 e. The second-order valence-electron chi connectivity index (χ2n) is 5.59. The van der Waals surface area contributed by atoms with E-state index in [1.165, 1.54) is 0 Å². The van der Waals surface area contributed by atoms with E-state index in [1.807, 2.05) is 18.2 Å². The lowest BCUT2D eigenvalue weighted by Crippen LogP contribution is -2.24. The standard InChI is InChI=1S/C18H21N3O3/c1-2-3-4-9-19-18(22)13-5-8-17(20-11-13)21-14-6-7-15-16(10-14)24-12-23-15/h5-8,10-11H,2-4,9,12H2,1H3,(H,19,22)(H,20,21). The fraction of sp³-hybridized carbons (Fsp3) is 0.333. The Balaban J connectivity index is 1.57. The van der Waals surface area contributed by atoms with Crippen LogP contribution in [0.2, 0.25) is 0 Å². The molecule has 2 heterocycles. The maximum absolute atomic E-state index is 12.0. The van der Waals surface area contributed by atoms with Gasteiger partial charge in [0.2, 0.25) is 6.79 Å². The zero-order valence-corrected chi connectivity index (χ0v) is 13.7. The Hall–Kier alpha value is -2.76. The van der Waals surface area contributed by atoms with Gasteiger partial charge in [-0.15, -0.1) is 0 Å². The van der Waals surface area contributed by atoms with Crippen molar-refractivity contribution in [3.63, 3.8) is 0 Å². The molecule has 2 aromatic rings. The molecule has 0 radical (unpaired) electrons. The summed E-state index contributed by atoms with van der Waals surface area (Å²) in [4.78, 5) is 16.3. The number of amides is 1. The van der Waals surface area contributed by atoms with Gasteiger partial charge in [0.25, 0.3) is 5.91 Å². The number of carbonyl (C=O) groups excluding carboxylic acids is 1. The zero-order chi connectivity index (χ0) is 16.8. The highest BCUT2D eigenvalue weighted by atomic mass is 16.7. The van der Waals surface area contributed by atoms with Crippen LogP contribution in [-0.4, -0.2) is 24.2 Å². The predicted octanol–water partition coefficient (Wildman–Crippen LogP) is 3.47. The molecule has 1 aliphatic rings. The minimum Gasteiger partial charge on any atom is -0.454 e. The van der Waals surface area contributed by atoms with Crippen LogP contribution in [0.4, 0.5) is 11.5 Å². The Morgan fingerprint density at radius 2 is 2.04 bits per heavy atom. The molecule has 0 unspecified atom stereocenters. The van der Waals surface area contributed by atoms with Crippen molar-refractivity contribution in [1.82, 2.24) is 10.3 Å². The molecule has 1 amide bonds. The molecule has 0 aliphatic carbocycles. The summed E-state index contributed by atoms with van der Waals surface area (Å²) in [5.41, 5.74) is 1.41. The largest absolute Gasteiger partial charge is 0.454 e. The number of hydrogen-bond donors (Lipinski definition) is 2. The van der Waals surface area contributed by atoms with Gasteiger partial charge in [-0.1, -0.05) is 19.8 Å². The van der Waals surface area contributed by atoms with Crippen molar-refractivity contribution >= 4 is 17.4 Å². The van der Waals surface area contributed by atoms with Crippen LogP contribution in [0.15, 0.2) is 36.5 Å². The third-order valence-corrected chi connectivity index (χ3v) is 3.74. The number of fused-ring (bicyclic) bond motifs is 1. The van der Waals surface area contributed by atoms with E-state index in [-0.39, 0.29) is 12.7 Å². The molecular weight excluding hydrogens is 306 g/mol. The Kier molecular flexibility index (Phi) is 5.15. The molecule has 0 saturated carbocycles. The third kappa shape index (κ3) is 3.95. The van der Waals surface area contributed by atoms with Crippen molar-refractivity contribution in [2.24, 2.45) is 0 Å². The summed E-state index contributed by atoms with van der Waals surface area (Å²) in [6.45, 7) is 3.08. The van der Waals surface area contributed by atoms with Crippen molar-refractivity contribution in [2.45, 2.75) is 26.2 Å². The Labute approximate surface area is 141 Å². The summed E-state index contributed by atoms with van der Waals surface area (Å²) in [6.07, 6.45) is 4.83. The van der Waals surface area contributed by atoms with Crippen molar-refractivity contribution < 1.29 is 14.3 Å². The highest BCUT2D eigenvalue weighted by molar-refractivity contribution is 5.94. The van der Waals surface area contributed by atoms with E-state index in [0.717, 1.165) is 30.7 Å². The SMILES string of the molecule is CCCCCNC(=O)c1ccc(Nc2ccc3c(c2)OCO3)nc1. The van der Waals surface area contributed by atoms with Gasteiger partial charge >= 0.3 is 0 Å². The number of nitrogens with one attached hydrogen (secondary N) is 2. The number of carbonyl (C=O) groups is 1. The molecule has 0 saturated heterocycles. The van der Waals surface area contributed by atoms with E-state index in [2.05, 4.69) is 22.5 Å². The maximum atomic E-state index is 12.0. The summed E-state index contributed by atoms with van der Waals surface area (Å²) in [6, 6.07) is 9.15. The van der Waals surface area contributed by atoms with Crippen LogP contribution >= 0.6 is 0 Å². The number of anilines is 2. The van der Waals surface area contributed by atoms with E-state index < -0.39 is 0 Å². The van der Waals surface area contributed by atoms with Gasteiger partial charge in [0.1, 0.15) is 5.82 Å². The van der Waals surface area contributed by atoms with Gasteiger partial charge in [-0.05, 0) is 30.7 Å². The van der Waals surface area contributed by atoms with E-state index in [0.29, 0.717) is 23.7 Å². The number of rotatable bonds is 7. The Morgan fingerprint density at radius 3 is 2.83 bits per heavy atom. The molecule has 3 rings (SSSR count). The monoisotopic (exact) mass is 327 g/mol. The van der Waals surface area contributed by atoms with Crippen LogP contribution in [0.25, 0.3) is 0 Å². The van der Waals surface area contributed by atoms with Gasteiger partial charge in [0, 0.05) is 24.5 Å². The second-order valence-corrected chi connectivity index (χ2v) is 5.59. The van der Waals surface area contributed by atoms with E-state index in [1.54, 1.807) is 18.3 Å². The lowest BCUT2D eigenvalue weighted by molar-refractivity contribution is 0.0952. The predicted molar refractivity (Wildman–Crippen MR) is 91.9 cm³/mol. The average molecular weight is 327 g/mol. The van der Waals surface area contributed by atoms with Gasteiger partial charge < -0.3 is 20.1 Å². The maximum Gasteiger partial charge on any atom is 0.252 e. The van der Waals surface area contributed by atoms with E-state index >= 15 is 0 Å². The first-order chi connectivity index (χ1) is 11.8. The van der Waals surface area contributed by atoms with Crippen molar-refractivity contribution in [2.75, 3.05) is 18.7 Å². The molecule has 0 spiro atoms. The molecule has 6 heteroatoms. The first kappa shape index (κ1) is 16.1. The second kappa shape index (κ2) is 7.68. The van der Waals surface area contributed by atoms with E-state index in [4.69, 9.17) is 9.47 Å². The minimum atomic E-state index is -0.0896. The number of unbranched alkanes of at least 4 members (excludes halogenated alkanes) is 2. The highest BCUT2D eigenvalue weighted by Crippen LogP contribution is 2.34. The lowest BCUT2D eigenvalue weighted by atomic mass is 10.2. The quantitative estimate of drug-likeness (QED) is 0.762. The molecule has 1 aliphatic heterocycles. The Bertz CT molecular complexity index is 701. The first-order valence-electron chi connectivity index (χ1n) is 8.17. The summed E-state index contributed by atoms with van der Waals surface area (Å²) in [7, 11) is 0. The number of pyridine rings is 1.